The number of ether oxygens (including phenoxy) is 1. The fraction of sp³-hybridized carbons (Fsp3) is 0.545. The average Bonchev–Trinajstić information content (AvgIpc) is 2.72. The summed E-state index contributed by atoms with van der Waals surface area (Å²) in [4.78, 5) is 8.64. The van der Waals surface area contributed by atoms with Gasteiger partial charge in [0, 0.05) is 25.3 Å². The number of anilines is 1. The first-order valence-electron chi connectivity index (χ1n) is 5.65. The molecular weight excluding hydrogens is 236 g/mol. The molecule has 0 radical (unpaired) electrons. The van der Waals surface area contributed by atoms with Crippen LogP contribution in [-0.2, 0) is 4.74 Å². The van der Waals surface area contributed by atoms with Crippen molar-refractivity contribution in [2.45, 2.75) is 19.4 Å². The van der Waals surface area contributed by atoms with Crippen LogP contribution in [0.5, 0.6) is 0 Å². The Labute approximate surface area is 106 Å². The molecule has 1 aliphatic rings. The van der Waals surface area contributed by atoms with E-state index in [4.69, 9.17) is 22.7 Å². The van der Waals surface area contributed by atoms with Gasteiger partial charge >= 0.3 is 0 Å². The average molecular weight is 252 g/mol. The molecule has 0 saturated carbocycles. The minimum atomic E-state index is 0.285. The second kappa shape index (κ2) is 5.37. The summed E-state index contributed by atoms with van der Waals surface area (Å²) in [6.07, 6.45) is 3.02. The third kappa shape index (κ3) is 3.10. The molecule has 0 aromatic carbocycles. The van der Waals surface area contributed by atoms with Crippen molar-refractivity contribution in [3.8, 4) is 0 Å². The van der Waals surface area contributed by atoms with Gasteiger partial charge in [0.05, 0.1) is 6.10 Å². The molecule has 0 spiro atoms. The maximum absolute atomic E-state index is 5.52. The topological polar surface area (TPSA) is 73.1 Å². The van der Waals surface area contributed by atoms with Crippen molar-refractivity contribution >= 4 is 23.2 Å². The molecule has 1 aromatic heterocycles. The van der Waals surface area contributed by atoms with Crippen molar-refractivity contribution in [1.82, 2.24) is 9.97 Å². The Morgan fingerprint density at radius 2 is 2.53 bits per heavy atom. The van der Waals surface area contributed by atoms with Gasteiger partial charge in [0.15, 0.2) is 0 Å². The summed E-state index contributed by atoms with van der Waals surface area (Å²) in [6.45, 7) is 3.73. The fourth-order valence-electron chi connectivity index (χ4n) is 1.85. The highest BCUT2D eigenvalue weighted by Gasteiger charge is 2.23. The first kappa shape index (κ1) is 12.2. The summed E-state index contributed by atoms with van der Waals surface area (Å²) >= 11 is 4.87. The molecule has 1 aromatic rings. The van der Waals surface area contributed by atoms with Crippen LogP contribution < -0.4 is 11.1 Å². The second-order valence-corrected chi connectivity index (χ2v) is 4.58. The molecule has 0 aliphatic carbocycles. The number of aromatic nitrogens is 2. The molecule has 6 heteroatoms. The summed E-state index contributed by atoms with van der Waals surface area (Å²) in [6, 6.07) is 1.70. The van der Waals surface area contributed by atoms with E-state index in [0.29, 0.717) is 23.7 Å². The maximum atomic E-state index is 5.52. The number of hydrogen-bond acceptors (Lipinski definition) is 5. The molecule has 2 heterocycles. The van der Waals surface area contributed by atoms with E-state index in [2.05, 4.69) is 22.2 Å². The van der Waals surface area contributed by atoms with E-state index in [-0.39, 0.29) is 4.99 Å². The van der Waals surface area contributed by atoms with Gasteiger partial charge in [0.25, 0.3) is 0 Å². The van der Waals surface area contributed by atoms with Crippen LogP contribution in [-0.4, -0.2) is 34.2 Å². The third-order valence-corrected chi connectivity index (χ3v) is 3.17. The van der Waals surface area contributed by atoms with E-state index < -0.39 is 0 Å². The highest BCUT2D eigenvalue weighted by Crippen LogP contribution is 2.20. The molecule has 2 atom stereocenters. The summed E-state index contributed by atoms with van der Waals surface area (Å²) < 4.78 is 5.49. The van der Waals surface area contributed by atoms with Crippen molar-refractivity contribution < 1.29 is 4.74 Å². The standard InChI is InChI=1S/C11H16N4OS/c1-7-8(3-5-16-7)6-14-11-13-4-2-9(15-11)10(12)17/h2,4,7-8H,3,5-6H2,1H3,(H2,12,17)(H,13,14,15). The van der Waals surface area contributed by atoms with Crippen molar-refractivity contribution in [3.63, 3.8) is 0 Å². The van der Waals surface area contributed by atoms with E-state index in [1.54, 1.807) is 12.3 Å². The minimum absolute atomic E-state index is 0.285. The number of nitrogens with one attached hydrogen (secondary N) is 1. The summed E-state index contributed by atoms with van der Waals surface area (Å²) in [7, 11) is 0. The van der Waals surface area contributed by atoms with Gasteiger partial charge in [-0.2, -0.15) is 0 Å². The van der Waals surface area contributed by atoms with Crippen LogP contribution in [0.15, 0.2) is 12.3 Å². The molecule has 1 fully saturated rings. The van der Waals surface area contributed by atoms with Gasteiger partial charge < -0.3 is 15.8 Å². The van der Waals surface area contributed by atoms with E-state index in [0.717, 1.165) is 19.6 Å². The normalized spacial score (nSPS) is 23.6. The lowest BCUT2D eigenvalue weighted by atomic mass is 10.0. The maximum Gasteiger partial charge on any atom is 0.223 e. The molecule has 1 aliphatic heterocycles. The van der Waals surface area contributed by atoms with Crippen molar-refractivity contribution in [2.24, 2.45) is 11.7 Å². The van der Waals surface area contributed by atoms with Crippen LogP contribution in [0.3, 0.4) is 0 Å². The molecule has 92 valence electrons. The van der Waals surface area contributed by atoms with Crippen LogP contribution >= 0.6 is 12.2 Å². The zero-order valence-electron chi connectivity index (χ0n) is 9.72. The van der Waals surface area contributed by atoms with E-state index >= 15 is 0 Å². The Balaban J connectivity index is 1.94. The lowest BCUT2D eigenvalue weighted by Gasteiger charge is -2.14. The monoisotopic (exact) mass is 252 g/mol. The molecule has 2 rings (SSSR count). The van der Waals surface area contributed by atoms with Gasteiger partial charge in [-0.3, -0.25) is 0 Å². The number of nitrogens with two attached hydrogens (primary N) is 1. The second-order valence-electron chi connectivity index (χ2n) is 4.14. The van der Waals surface area contributed by atoms with Crippen molar-refractivity contribution in [3.05, 3.63) is 18.0 Å². The largest absolute Gasteiger partial charge is 0.388 e. The number of thiocarbonyl (C=S) groups is 1. The lowest BCUT2D eigenvalue weighted by Crippen LogP contribution is -2.22. The van der Waals surface area contributed by atoms with Gasteiger partial charge in [-0.05, 0) is 19.4 Å². The van der Waals surface area contributed by atoms with Crippen LogP contribution in [0.1, 0.15) is 19.0 Å². The molecule has 1 saturated heterocycles. The smallest absolute Gasteiger partial charge is 0.223 e. The molecule has 0 bridgehead atoms. The molecule has 3 N–H and O–H groups in total. The van der Waals surface area contributed by atoms with Crippen LogP contribution in [0.2, 0.25) is 0 Å². The summed E-state index contributed by atoms with van der Waals surface area (Å²) in [5, 5.41) is 3.19. The summed E-state index contributed by atoms with van der Waals surface area (Å²) in [5.41, 5.74) is 6.11. The minimum Gasteiger partial charge on any atom is -0.388 e. The first-order valence-corrected chi connectivity index (χ1v) is 6.06. The highest BCUT2D eigenvalue weighted by molar-refractivity contribution is 7.80. The van der Waals surface area contributed by atoms with Gasteiger partial charge in [-0.1, -0.05) is 12.2 Å². The Kier molecular flexibility index (Phi) is 3.86. The predicted molar refractivity (Wildman–Crippen MR) is 69.9 cm³/mol. The Bertz CT molecular complexity index is 412. The van der Waals surface area contributed by atoms with Gasteiger partial charge in [-0.15, -0.1) is 0 Å². The number of rotatable bonds is 4. The quantitative estimate of drug-likeness (QED) is 0.777. The lowest BCUT2D eigenvalue weighted by molar-refractivity contribution is 0.108. The van der Waals surface area contributed by atoms with Gasteiger partial charge in [-0.25, -0.2) is 9.97 Å². The van der Waals surface area contributed by atoms with Crippen molar-refractivity contribution in [1.29, 1.82) is 0 Å². The zero-order chi connectivity index (χ0) is 12.3. The first-order chi connectivity index (χ1) is 8.16. The van der Waals surface area contributed by atoms with Gasteiger partial charge in [0.1, 0.15) is 10.7 Å². The number of nitrogens with zero attached hydrogens (tertiary/aromatic N) is 2. The van der Waals surface area contributed by atoms with Gasteiger partial charge in [0.2, 0.25) is 5.95 Å². The predicted octanol–water partition coefficient (Wildman–Crippen LogP) is 0.948. The Morgan fingerprint density at radius 1 is 1.71 bits per heavy atom. The Hall–Kier alpha value is -1.27. The summed E-state index contributed by atoms with van der Waals surface area (Å²) in [5.74, 6) is 1.07. The molecular formula is C11H16N4OS. The SMILES string of the molecule is CC1OCCC1CNc1nccc(C(N)=S)n1. The Morgan fingerprint density at radius 3 is 3.18 bits per heavy atom. The van der Waals surface area contributed by atoms with E-state index in [1.807, 2.05) is 0 Å². The molecule has 0 amide bonds. The zero-order valence-corrected chi connectivity index (χ0v) is 10.5. The van der Waals surface area contributed by atoms with Crippen LogP contribution in [0.4, 0.5) is 5.95 Å². The molecule has 17 heavy (non-hydrogen) atoms. The van der Waals surface area contributed by atoms with E-state index in [1.165, 1.54) is 0 Å². The van der Waals surface area contributed by atoms with Crippen molar-refractivity contribution in [2.75, 3.05) is 18.5 Å². The van der Waals surface area contributed by atoms with E-state index in [9.17, 15) is 0 Å². The molecule has 2 unspecified atom stereocenters. The highest BCUT2D eigenvalue weighted by atomic mass is 32.1. The fourth-order valence-corrected chi connectivity index (χ4v) is 1.96. The number of hydrogen-bond donors (Lipinski definition) is 2. The van der Waals surface area contributed by atoms with Crippen LogP contribution in [0.25, 0.3) is 0 Å². The molecule has 5 nitrogen and oxygen atoms in total. The third-order valence-electron chi connectivity index (χ3n) is 2.96. The van der Waals surface area contributed by atoms with Crippen LogP contribution in [0, 0.1) is 5.92 Å².